The van der Waals surface area contributed by atoms with Crippen LogP contribution in [0.5, 0.6) is 0 Å². The predicted molar refractivity (Wildman–Crippen MR) is 72.0 cm³/mol. The van der Waals surface area contributed by atoms with Crippen molar-refractivity contribution >= 4 is 11.9 Å². The van der Waals surface area contributed by atoms with Gasteiger partial charge in [-0.15, -0.1) is 0 Å². The van der Waals surface area contributed by atoms with Crippen LogP contribution in [0.4, 0.5) is 0 Å². The quantitative estimate of drug-likeness (QED) is 0.440. The third-order valence-corrected chi connectivity index (χ3v) is 3.37. The number of rotatable bonds is 4. The summed E-state index contributed by atoms with van der Waals surface area (Å²) in [5, 5.41) is 6.81. The molecule has 10 heteroatoms. The number of nitrogens with two attached hydrogens (primary N) is 1. The maximum absolute atomic E-state index is 12.0. The number of H-pyrrole nitrogens is 1. The number of nitrogens with one attached hydrogen (secondary N) is 2. The van der Waals surface area contributed by atoms with Gasteiger partial charge in [0, 0.05) is 18.7 Å². The lowest BCUT2D eigenvalue weighted by molar-refractivity contribution is -0.162. The molecule has 1 unspecified atom stereocenters. The zero-order valence-electron chi connectivity index (χ0n) is 11.6. The Hall–Kier alpha value is -2.59. The molecule has 3 heterocycles. The number of fused-ring (bicyclic) bond motifs is 1. The van der Waals surface area contributed by atoms with E-state index < -0.39 is 24.0 Å². The summed E-state index contributed by atoms with van der Waals surface area (Å²) in [6.45, 7) is 0.534. The highest BCUT2D eigenvalue weighted by atomic mass is 16.6. The number of carbonyl (C=O) groups is 2. The van der Waals surface area contributed by atoms with Gasteiger partial charge in [-0.25, -0.2) is 19.6 Å². The van der Waals surface area contributed by atoms with Gasteiger partial charge in [0.1, 0.15) is 24.7 Å². The van der Waals surface area contributed by atoms with Crippen LogP contribution in [0.2, 0.25) is 0 Å². The van der Waals surface area contributed by atoms with Gasteiger partial charge in [0.15, 0.2) is 0 Å². The van der Waals surface area contributed by atoms with Crippen LogP contribution < -0.4 is 11.1 Å². The summed E-state index contributed by atoms with van der Waals surface area (Å²) in [5.41, 5.74) is 7.42. The Balaban J connectivity index is 1.54. The molecule has 2 aromatic heterocycles. The van der Waals surface area contributed by atoms with Crippen LogP contribution in [0.3, 0.4) is 0 Å². The summed E-state index contributed by atoms with van der Waals surface area (Å²) in [6, 6.07) is -1.59. The van der Waals surface area contributed by atoms with Crippen molar-refractivity contribution in [3.05, 3.63) is 30.4 Å². The van der Waals surface area contributed by atoms with E-state index in [9.17, 15) is 9.59 Å². The average Bonchev–Trinajstić information content (AvgIpc) is 3.16. The van der Waals surface area contributed by atoms with Crippen LogP contribution in [0.15, 0.2) is 19.0 Å². The Morgan fingerprint density at radius 3 is 3.18 bits per heavy atom. The van der Waals surface area contributed by atoms with Gasteiger partial charge in [-0.2, -0.15) is 5.10 Å². The molecular formula is C12H15N7O3. The third-order valence-electron chi connectivity index (χ3n) is 3.37. The number of hydrogen-bond donors (Lipinski definition) is 3. The van der Waals surface area contributed by atoms with E-state index in [-0.39, 0.29) is 6.54 Å². The first kappa shape index (κ1) is 14.4. The van der Waals surface area contributed by atoms with Crippen LogP contribution in [0.1, 0.15) is 11.4 Å². The van der Waals surface area contributed by atoms with Gasteiger partial charge in [-0.1, -0.05) is 0 Å². The number of imidazole rings is 1. The Labute approximate surface area is 125 Å². The maximum atomic E-state index is 12.0. The van der Waals surface area contributed by atoms with Crippen molar-refractivity contribution in [1.29, 1.82) is 0 Å². The number of aromatic amines is 1. The van der Waals surface area contributed by atoms with E-state index in [1.807, 2.05) is 0 Å². The second-order valence-electron chi connectivity index (χ2n) is 4.93. The molecule has 0 amide bonds. The number of carbonyl (C=O) groups excluding carboxylic acids is 2. The molecule has 0 bridgehead atoms. The van der Waals surface area contributed by atoms with Crippen molar-refractivity contribution in [2.75, 3.05) is 0 Å². The standard InChI is InChI=1S/C12H15N7O3/c13-7(3-19-6-14-4-18-19)11(20)22-12(21)9-1-8-10(2-15-9)17-5-16-8/h4-7,9,15H,1-3,13H2,(H,16,17)/t7-,9?/m0/s1. The summed E-state index contributed by atoms with van der Waals surface area (Å²) in [5.74, 6) is -1.45. The largest absolute Gasteiger partial charge is 0.391 e. The highest BCUT2D eigenvalue weighted by molar-refractivity contribution is 5.91. The normalized spacial score (nSPS) is 18.5. The fraction of sp³-hybridized carbons (Fsp3) is 0.417. The lowest BCUT2D eigenvalue weighted by Gasteiger charge is -2.21. The second-order valence-corrected chi connectivity index (χ2v) is 4.93. The Morgan fingerprint density at radius 1 is 1.55 bits per heavy atom. The van der Waals surface area contributed by atoms with Crippen LogP contribution in [0.25, 0.3) is 0 Å². The molecule has 1 aliphatic heterocycles. The number of ether oxygens (including phenoxy) is 1. The van der Waals surface area contributed by atoms with E-state index >= 15 is 0 Å². The van der Waals surface area contributed by atoms with E-state index in [1.165, 1.54) is 17.3 Å². The molecule has 22 heavy (non-hydrogen) atoms. The van der Waals surface area contributed by atoms with Gasteiger partial charge in [0.25, 0.3) is 0 Å². The first-order chi connectivity index (χ1) is 10.6. The molecule has 2 atom stereocenters. The van der Waals surface area contributed by atoms with E-state index in [4.69, 9.17) is 10.5 Å². The van der Waals surface area contributed by atoms with Crippen LogP contribution in [-0.2, 0) is 33.8 Å². The monoisotopic (exact) mass is 305 g/mol. The molecule has 2 aromatic rings. The zero-order chi connectivity index (χ0) is 15.5. The molecular weight excluding hydrogens is 290 g/mol. The molecule has 0 aliphatic carbocycles. The first-order valence-electron chi connectivity index (χ1n) is 6.71. The molecule has 0 saturated heterocycles. The third kappa shape index (κ3) is 3.02. The molecule has 0 saturated carbocycles. The molecule has 3 rings (SSSR count). The average molecular weight is 305 g/mol. The van der Waals surface area contributed by atoms with Crippen molar-refractivity contribution in [2.45, 2.75) is 31.6 Å². The maximum Gasteiger partial charge on any atom is 0.332 e. The Kier molecular flexibility index (Phi) is 3.94. The predicted octanol–water partition coefficient (Wildman–Crippen LogP) is -1.89. The Bertz CT molecular complexity index is 666. The van der Waals surface area contributed by atoms with Gasteiger partial charge in [0.2, 0.25) is 0 Å². The van der Waals surface area contributed by atoms with E-state index in [2.05, 4.69) is 25.4 Å². The summed E-state index contributed by atoms with van der Waals surface area (Å²) in [7, 11) is 0. The minimum absolute atomic E-state index is 0.0922. The van der Waals surface area contributed by atoms with Gasteiger partial charge in [-0.3, -0.25) is 10.00 Å². The van der Waals surface area contributed by atoms with Crippen LogP contribution in [-0.4, -0.2) is 48.8 Å². The Morgan fingerprint density at radius 2 is 2.41 bits per heavy atom. The highest BCUT2D eigenvalue weighted by Crippen LogP contribution is 2.13. The minimum Gasteiger partial charge on any atom is -0.391 e. The number of aromatic nitrogens is 5. The lowest BCUT2D eigenvalue weighted by atomic mass is 10.1. The molecule has 116 valence electrons. The smallest absolute Gasteiger partial charge is 0.332 e. The fourth-order valence-electron chi connectivity index (χ4n) is 2.19. The summed E-state index contributed by atoms with van der Waals surface area (Å²) in [4.78, 5) is 34.7. The molecule has 0 fully saturated rings. The van der Waals surface area contributed by atoms with Gasteiger partial charge in [0.05, 0.1) is 18.6 Å². The molecule has 0 aromatic carbocycles. The lowest BCUT2D eigenvalue weighted by Crippen LogP contribution is -2.46. The first-order valence-corrected chi connectivity index (χ1v) is 6.71. The number of hydrogen-bond acceptors (Lipinski definition) is 8. The van der Waals surface area contributed by atoms with E-state index in [0.717, 1.165) is 11.4 Å². The molecule has 4 N–H and O–H groups in total. The van der Waals surface area contributed by atoms with Gasteiger partial charge < -0.3 is 15.5 Å². The van der Waals surface area contributed by atoms with Crippen molar-refractivity contribution < 1.29 is 14.3 Å². The molecule has 0 spiro atoms. The minimum atomic E-state index is -0.989. The van der Waals surface area contributed by atoms with E-state index in [0.29, 0.717) is 13.0 Å². The van der Waals surface area contributed by atoms with Crippen molar-refractivity contribution in [1.82, 2.24) is 30.0 Å². The van der Waals surface area contributed by atoms with Crippen molar-refractivity contribution in [3.63, 3.8) is 0 Å². The van der Waals surface area contributed by atoms with Crippen LogP contribution >= 0.6 is 0 Å². The van der Waals surface area contributed by atoms with Crippen molar-refractivity contribution in [3.8, 4) is 0 Å². The number of nitrogens with zero attached hydrogens (tertiary/aromatic N) is 4. The van der Waals surface area contributed by atoms with Gasteiger partial charge >= 0.3 is 11.9 Å². The fourth-order valence-corrected chi connectivity index (χ4v) is 2.19. The summed E-state index contributed by atoms with van der Waals surface area (Å²) >= 11 is 0. The molecule has 0 radical (unpaired) electrons. The molecule has 10 nitrogen and oxygen atoms in total. The van der Waals surface area contributed by atoms with Crippen LogP contribution in [0, 0.1) is 0 Å². The highest BCUT2D eigenvalue weighted by Gasteiger charge is 2.30. The van der Waals surface area contributed by atoms with E-state index in [1.54, 1.807) is 6.33 Å². The summed E-state index contributed by atoms with van der Waals surface area (Å²) in [6.07, 6.45) is 4.72. The zero-order valence-corrected chi connectivity index (χ0v) is 11.6. The SMILES string of the molecule is N[C@@H](Cn1cncn1)C(=O)OC(=O)C1Cc2[nH]cnc2CN1. The number of esters is 2. The van der Waals surface area contributed by atoms with Gasteiger partial charge in [-0.05, 0) is 0 Å². The van der Waals surface area contributed by atoms with Crippen molar-refractivity contribution in [2.24, 2.45) is 5.73 Å². The summed E-state index contributed by atoms with van der Waals surface area (Å²) < 4.78 is 6.23. The second kappa shape index (κ2) is 6.03. The topological polar surface area (TPSA) is 141 Å². The molecule has 1 aliphatic rings.